The second-order valence-electron chi connectivity index (χ2n) is 8.88. The highest BCUT2D eigenvalue weighted by Gasteiger charge is 2.40. The molecule has 0 aromatic heterocycles. The lowest BCUT2D eigenvalue weighted by Crippen LogP contribution is -2.47. The Labute approximate surface area is 176 Å². The smallest absolute Gasteiger partial charge is 0.410 e. The largest absolute Gasteiger partial charge is 0.548 e. The van der Waals surface area contributed by atoms with Gasteiger partial charge in [0.25, 0.3) is 0 Å². The van der Waals surface area contributed by atoms with E-state index in [4.69, 9.17) is 9.47 Å². The van der Waals surface area contributed by atoms with Gasteiger partial charge in [-0.05, 0) is 43.0 Å². The van der Waals surface area contributed by atoms with Gasteiger partial charge in [0.1, 0.15) is 6.61 Å². The first-order valence-electron chi connectivity index (χ1n) is 10.2. The van der Waals surface area contributed by atoms with Crippen LogP contribution < -0.4 is 5.11 Å². The molecule has 1 heterocycles. The first-order chi connectivity index (χ1) is 14.2. The Morgan fingerprint density at radius 2 is 1.60 bits per heavy atom. The van der Waals surface area contributed by atoms with Gasteiger partial charge in [0.05, 0.1) is 30.3 Å². The fourth-order valence-corrected chi connectivity index (χ4v) is 4.48. The summed E-state index contributed by atoms with van der Waals surface area (Å²) in [6.45, 7) is 6.02. The summed E-state index contributed by atoms with van der Waals surface area (Å²) >= 11 is 0. The number of hydrogen-bond acceptors (Lipinski definition) is 5. The summed E-state index contributed by atoms with van der Waals surface area (Å²) in [5, 5.41) is 11.6. The lowest BCUT2D eigenvalue weighted by molar-refractivity contribution is -0.310. The Morgan fingerprint density at radius 3 is 2.13 bits per heavy atom. The number of carbonyl (C=O) groups is 2. The molecule has 1 saturated heterocycles. The van der Waals surface area contributed by atoms with E-state index in [-0.39, 0.29) is 31.6 Å². The highest BCUT2D eigenvalue weighted by Crippen LogP contribution is 2.44. The minimum absolute atomic E-state index is 0.0769. The van der Waals surface area contributed by atoms with Gasteiger partial charge >= 0.3 is 6.09 Å². The molecular weight excluding hydrogens is 382 g/mol. The van der Waals surface area contributed by atoms with E-state index >= 15 is 0 Å². The second-order valence-corrected chi connectivity index (χ2v) is 8.88. The summed E-state index contributed by atoms with van der Waals surface area (Å²) in [6.07, 6.45) is -0.816. The minimum atomic E-state index is -1.29. The zero-order valence-corrected chi connectivity index (χ0v) is 17.5. The molecule has 158 valence electrons. The third-order valence-electron chi connectivity index (χ3n) is 5.63. The molecule has 6 heteroatoms. The van der Waals surface area contributed by atoms with Crippen LogP contribution in [-0.4, -0.2) is 47.9 Å². The van der Waals surface area contributed by atoms with E-state index in [1.165, 1.54) is 4.90 Å². The van der Waals surface area contributed by atoms with Gasteiger partial charge in [-0.25, -0.2) is 4.79 Å². The topological polar surface area (TPSA) is 78.9 Å². The molecule has 0 saturated carbocycles. The highest BCUT2D eigenvalue weighted by atomic mass is 16.6. The maximum Gasteiger partial charge on any atom is 0.410 e. The molecule has 2 aliphatic rings. The van der Waals surface area contributed by atoms with E-state index in [1.54, 1.807) is 0 Å². The van der Waals surface area contributed by atoms with Crippen LogP contribution in [0.4, 0.5) is 4.79 Å². The van der Waals surface area contributed by atoms with Crippen LogP contribution in [-0.2, 0) is 14.3 Å². The summed E-state index contributed by atoms with van der Waals surface area (Å²) in [5.41, 5.74) is 4.07. The van der Waals surface area contributed by atoms with Crippen LogP contribution in [0.5, 0.6) is 0 Å². The van der Waals surface area contributed by atoms with Crippen LogP contribution in [0.2, 0.25) is 0 Å². The van der Waals surface area contributed by atoms with Crippen molar-refractivity contribution >= 4 is 12.1 Å². The Morgan fingerprint density at radius 1 is 1.03 bits per heavy atom. The molecule has 0 radical (unpaired) electrons. The third-order valence-corrected chi connectivity index (χ3v) is 5.63. The maximum atomic E-state index is 12.8. The summed E-state index contributed by atoms with van der Waals surface area (Å²) in [6, 6.07) is 15.1. The Kier molecular flexibility index (Phi) is 5.28. The Bertz CT molecular complexity index is 919. The third kappa shape index (κ3) is 3.92. The zero-order chi connectivity index (χ0) is 21.5. The van der Waals surface area contributed by atoms with E-state index in [2.05, 4.69) is 12.1 Å². The number of nitrogens with zero attached hydrogens (tertiary/aromatic N) is 1. The van der Waals surface area contributed by atoms with Gasteiger partial charge in [0.2, 0.25) is 0 Å². The quantitative estimate of drug-likeness (QED) is 0.777. The van der Waals surface area contributed by atoms with Crippen molar-refractivity contribution in [1.82, 2.24) is 4.90 Å². The summed E-state index contributed by atoms with van der Waals surface area (Å²) in [4.78, 5) is 25.6. The number of likely N-dealkylation sites (tertiary alicyclic amines) is 1. The predicted molar refractivity (Wildman–Crippen MR) is 110 cm³/mol. The maximum absolute atomic E-state index is 12.8. The van der Waals surface area contributed by atoms with Gasteiger partial charge in [0.15, 0.2) is 0 Å². The van der Waals surface area contributed by atoms with Crippen molar-refractivity contribution in [2.75, 3.05) is 13.2 Å². The molecule has 2 atom stereocenters. The summed E-state index contributed by atoms with van der Waals surface area (Å²) in [5.74, 6) is -1.37. The number of rotatable bonds is 4. The van der Waals surface area contributed by atoms with E-state index in [9.17, 15) is 14.7 Å². The second kappa shape index (κ2) is 7.76. The van der Waals surface area contributed by atoms with Gasteiger partial charge in [0, 0.05) is 12.3 Å². The lowest BCUT2D eigenvalue weighted by atomic mass is 9.98. The molecule has 1 fully saturated rings. The molecule has 4 rings (SSSR count). The standard InChI is InChI=1S/C24H27NO5/c1-24(2,3)30-15-12-21(22(26)27)25(13-15)23(28)29-14-20-18-10-6-4-8-16(18)17-9-5-7-11-19(17)20/h4-11,15,20-21H,12-14H2,1-3H3,(H,26,27)/p-1/t15-,21+/m0/s1. The SMILES string of the molecule is CC(C)(C)O[C@H]1C[C@H](C(=O)[O-])N(C(=O)OCC2c3ccccc3-c3ccccc32)C1. The van der Waals surface area contributed by atoms with E-state index in [0.29, 0.717) is 0 Å². The molecule has 1 amide bonds. The van der Waals surface area contributed by atoms with Crippen molar-refractivity contribution in [3.8, 4) is 11.1 Å². The van der Waals surface area contributed by atoms with Crippen molar-refractivity contribution < 1.29 is 24.2 Å². The number of amides is 1. The monoisotopic (exact) mass is 408 g/mol. The van der Waals surface area contributed by atoms with Crippen molar-refractivity contribution in [3.05, 3.63) is 59.7 Å². The number of carbonyl (C=O) groups excluding carboxylic acids is 2. The van der Waals surface area contributed by atoms with Gasteiger partial charge < -0.3 is 19.4 Å². The van der Waals surface area contributed by atoms with Gasteiger partial charge in [-0.3, -0.25) is 4.90 Å². The Balaban J connectivity index is 1.48. The normalized spacial score (nSPS) is 20.7. The molecule has 1 aliphatic heterocycles. The number of carboxylic acids is 1. The van der Waals surface area contributed by atoms with Gasteiger partial charge in [-0.2, -0.15) is 0 Å². The number of fused-ring (bicyclic) bond motifs is 3. The van der Waals surface area contributed by atoms with Gasteiger partial charge in [-0.1, -0.05) is 48.5 Å². The van der Waals surface area contributed by atoms with Crippen molar-refractivity contribution in [3.63, 3.8) is 0 Å². The lowest BCUT2D eigenvalue weighted by Gasteiger charge is -2.26. The molecule has 2 aromatic carbocycles. The molecule has 0 spiro atoms. The number of hydrogen-bond donors (Lipinski definition) is 0. The van der Waals surface area contributed by atoms with Crippen LogP contribution in [0.25, 0.3) is 11.1 Å². The van der Waals surface area contributed by atoms with Gasteiger partial charge in [-0.15, -0.1) is 0 Å². The predicted octanol–water partition coefficient (Wildman–Crippen LogP) is 2.94. The fourth-order valence-electron chi connectivity index (χ4n) is 4.48. The number of benzene rings is 2. The molecule has 6 nitrogen and oxygen atoms in total. The first-order valence-corrected chi connectivity index (χ1v) is 10.2. The molecule has 2 aromatic rings. The molecule has 30 heavy (non-hydrogen) atoms. The Hall–Kier alpha value is -2.86. The van der Waals surface area contributed by atoms with E-state index in [0.717, 1.165) is 22.3 Å². The van der Waals surface area contributed by atoms with Crippen molar-refractivity contribution in [2.45, 2.75) is 50.9 Å². The summed E-state index contributed by atoms with van der Waals surface area (Å²) in [7, 11) is 0. The first kappa shape index (κ1) is 20.4. The van der Waals surface area contributed by atoms with Crippen LogP contribution in [0.1, 0.15) is 44.2 Å². The molecular formula is C24H26NO5-. The number of carboxylic acid groups (broad SMARTS) is 1. The number of aliphatic carboxylic acids is 1. The molecule has 0 unspecified atom stereocenters. The van der Waals surface area contributed by atoms with Crippen molar-refractivity contribution in [1.29, 1.82) is 0 Å². The van der Waals surface area contributed by atoms with Crippen molar-refractivity contribution in [2.24, 2.45) is 0 Å². The van der Waals surface area contributed by atoms with Crippen LogP contribution in [0.3, 0.4) is 0 Å². The average molecular weight is 408 g/mol. The van der Waals surface area contributed by atoms with Crippen LogP contribution in [0, 0.1) is 0 Å². The minimum Gasteiger partial charge on any atom is -0.548 e. The van der Waals surface area contributed by atoms with Crippen LogP contribution in [0.15, 0.2) is 48.5 Å². The summed E-state index contributed by atoms with van der Waals surface area (Å²) < 4.78 is 11.5. The van der Waals surface area contributed by atoms with Crippen LogP contribution >= 0.6 is 0 Å². The fraction of sp³-hybridized carbons (Fsp3) is 0.417. The number of ether oxygens (including phenoxy) is 2. The average Bonchev–Trinajstić information content (AvgIpc) is 3.24. The van der Waals surface area contributed by atoms with E-state index < -0.39 is 23.7 Å². The molecule has 0 N–H and O–H groups in total. The van der Waals surface area contributed by atoms with E-state index in [1.807, 2.05) is 57.2 Å². The zero-order valence-electron chi connectivity index (χ0n) is 17.5. The molecule has 1 aliphatic carbocycles. The highest BCUT2D eigenvalue weighted by molar-refractivity contribution is 5.81. The molecule has 0 bridgehead atoms.